The molecule has 5 N–H and O–H groups in total. The van der Waals surface area contributed by atoms with Crippen LogP contribution in [0, 0.1) is 0 Å². The molecule has 0 atom stereocenters. The van der Waals surface area contributed by atoms with E-state index in [4.69, 9.17) is 11.5 Å². The van der Waals surface area contributed by atoms with Crippen LogP contribution in [-0.4, -0.2) is 22.0 Å². The van der Waals surface area contributed by atoms with Crippen molar-refractivity contribution in [3.05, 3.63) is 22.1 Å². The number of aryl methyl sites for hydroxylation is 1. The lowest BCUT2D eigenvalue weighted by Gasteiger charge is -1.82. The minimum absolute atomic E-state index is 0.149. The number of nitrogens with one attached hydrogen (secondary N) is 1. The fourth-order valence-electron chi connectivity index (χ4n) is 0.774. The Hall–Kier alpha value is -2.05. The van der Waals surface area contributed by atoms with Crippen molar-refractivity contribution < 1.29 is 0 Å². The molecule has 7 heteroatoms. The van der Waals surface area contributed by atoms with E-state index in [2.05, 4.69) is 15.3 Å². The van der Waals surface area contributed by atoms with Crippen LogP contribution in [0.4, 0.5) is 0 Å². The highest BCUT2D eigenvalue weighted by Crippen LogP contribution is 1.83. The maximum atomic E-state index is 11.0. The summed E-state index contributed by atoms with van der Waals surface area (Å²) in [5.74, 6) is -0.149. The van der Waals surface area contributed by atoms with Gasteiger partial charge in [0, 0.05) is 13.2 Å². The summed E-state index contributed by atoms with van der Waals surface area (Å²) in [6.07, 6.45) is 2.85. The van der Waals surface area contributed by atoms with Gasteiger partial charge in [0.15, 0.2) is 0 Å². The minimum atomic E-state index is -0.239. The molecule has 0 radical (unpaired) electrons. The molecule has 1 aromatic rings. The summed E-state index contributed by atoms with van der Waals surface area (Å²) in [4.78, 5) is 11.0. The number of rotatable bonds is 2. The molecular formula is C6H10N6O. The molecule has 0 aliphatic rings. The monoisotopic (exact) mass is 182 g/mol. The lowest BCUT2D eigenvalue weighted by atomic mass is 10.4. The molecule has 0 aliphatic carbocycles. The highest BCUT2D eigenvalue weighted by atomic mass is 16.1. The molecule has 0 amide bonds. The zero-order valence-electron chi connectivity index (χ0n) is 7.06. The van der Waals surface area contributed by atoms with Gasteiger partial charge in [-0.25, -0.2) is 0 Å². The Kier molecular flexibility index (Phi) is 2.48. The van der Waals surface area contributed by atoms with Crippen molar-refractivity contribution in [2.24, 2.45) is 28.7 Å². The standard InChI is InChI=1S/C6H10N6O/c1-12-3-4(5(13)11-12)2-9-10-6(7)8/h2-3H,1H3,(H,11,13)(H4,7,8,10)/b9-2+. The van der Waals surface area contributed by atoms with Crippen molar-refractivity contribution in [3.8, 4) is 0 Å². The van der Waals surface area contributed by atoms with E-state index >= 15 is 0 Å². The van der Waals surface area contributed by atoms with Crippen molar-refractivity contribution in [2.45, 2.75) is 0 Å². The summed E-state index contributed by atoms with van der Waals surface area (Å²) in [5, 5.41) is 9.35. The van der Waals surface area contributed by atoms with E-state index in [9.17, 15) is 4.79 Å². The number of aromatic amines is 1. The summed E-state index contributed by atoms with van der Waals surface area (Å²) < 4.78 is 1.51. The zero-order valence-corrected chi connectivity index (χ0v) is 7.06. The summed E-state index contributed by atoms with van der Waals surface area (Å²) >= 11 is 0. The first-order chi connectivity index (χ1) is 6.09. The molecule has 13 heavy (non-hydrogen) atoms. The van der Waals surface area contributed by atoms with Gasteiger partial charge in [-0.15, -0.1) is 5.10 Å². The van der Waals surface area contributed by atoms with Crippen LogP contribution in [0.2, 0.25) is 0 Å². The predicted molar refractivity (Wildman–Crippen MR) is 49.4 cm³/mol. The van der Waals surface area contributed by atoms with Crippen LogP contribution in [0.15, 0.2) is 21.2 Å². The number of aromatic nitrogens is 2. The second-order valence-corrected chi connectivity index (χ2v) is 2.41. The fraction of sp³-hybridized carbons (Fsp3) is 0.167. The van der Waals surface area contributed by atoms with E-state index in [1.807, 2.05) is 0 Å². The quantitative estimate of drug-likeness (QED) is 0.288. The molecule has 1 aromatic heterocycles. The first kappa shape index (κ1) is 9.04. The van der Waals surface area contributed by atoms with Crippen LogP contribution in [-0.2, 0) is 7.05 Å². The zero-order chi connectivity index (χ0) is 9.84. The Labute approximate surface area is 73.7 Å². The Balaban J connectivity index is 2.86. The Morgan fingerprint density at radius 2 is 2.38 bits per heavy atom. The molecule has 1 heterocycles. The lowest BCUT2D eigenvalue weighted by Crippen LogP contribution is -2.21. The molecule has 0 aliphatic heterocycles. The molecule has 0 saturated carbocycles. The second-order valence-electron chi connectivity index (χ2n) is 2.41. The largest absolute Gasteiger partial charge is 0.369 e. The van der Waals surface area contributed by atoms with Gasteiger partial charge >= 0.3 is 0 Å². The van der Waals surface area contributed by atoms with Gasteiger partial charge in [0.25, 0.3) is 5.56 Å². The number of H-pyrrole nitrogens is 1. The normalized spacial score (nSPS) is 10.5. The Morgan fingerprint density at radius 1 is 1.69 bits per heavy atom. The molecule has 0 bridgehead atoms. The Bertz CT molecular complexity index is 394. The van der Waals surface area contributed by atoms with Gasteiger partial charge < -0.3 is 11.5 Å². The summed E-state index contributed by atoms with van der Waals surface area (Å²) in [6, 6.07) is 0. The molecular weight excluding hydrogens is 172 g/mol. The number of guanidine groups is 1. The molecule has 70 valence electrons. The first-order valence-corrected chi connectivity index (χ1v) is 3.47. The molecule has 0 spiro atoms. The van der Waals surface area contributed by atoms with Crippen molar-refractivity contribution in [2.75, 3.05) is 0 Å². The number of hydrogen-bond donors (Lipinski definition) is 3. The smallest absolute Gasteiger partial charge is 0.272 e. The van der Waals surface area contributed by atoms with Crippen LogP contribution >= 0.6 is 0 Å². The van der Waals surface area contributed by atoms with Crippen molar-refractivity contribution >= 4 is 12.2 Å². The van der Waals surface area contributed by atoms with Crippen LogP contribution in [0.3, 0.4) is 0 Å². The maximum Gasteiger partial charge on any atom is 0.272 e. The number of nitrogens with zero attached hydrogens (tertiary/aromatic N) is 3. The van der Waals surface area contributed by atoms with Crippen LogP contribution < -0.4 is 17.0 Å². The fourth-order valence-corrected chi connectivity index (χ4v) is 0.774. The van der Waals surface area contributed by atoms with Gasteiger partial charge in [-0.05, 0) is 0 Å². The highest BCUT2D eigenvalue weighted by molar-refractivity contribution is 5.80. The minimum Gasteiger partial charge on any atom is -0.369 e. The van der Waals surface area contributed by atoms with Gasteiger partial charge in [0.05, 0.1) is 11.8 Å². The van der Waals surface area contributed by atoms with Gasteiger partial charge in [0.1, 0.15) is 0 Å². The third kappa shape index (κ3) is 2.47. The van der Waals surface area contributed by atoms with Gasteiger partial charge in [0.2, 0.25) is 5.96 Å². The van der Waals surface area contributed by atoms with Crippen LogP contribution in [0.25, 0.3) is 0 Å². The average Bonchev–Trinajstić information content (AvgIpc) is 2.29. The second kappa shape index (κ2) is 3.57. The number of nitrogens with two attached hydrogens (primary N) is 2. The van der Waals surface area contributed by atoms with Gasteiger partial charge in [-0.3, -0.25) is 14.6 Å². The average molecular weight is 182 g/mol. The third-order valence-corrected chi connectivity index (χ3v) is 1.24. The van der Waals surface area contributed by atoms with Crippen molar-refractivity contribution in [1.29, 1.82) is 0 Å². The maximum absolute atomic E-state index is 11.0. The van der Waals surface area contributed by atoms with E-state index in [0.29, 0.717) is 5.56 Å². The van der Waals surface area contributed by atoms with Crippen LogP contribution in [0.1, 0.15) is 5.56 Å². The number of hydrogen-bond acceptors (Lipinski definition) is 3. The van der Waals surface area contributed by atoms with E-state index in [0.717, 1.165) is 0 Å². The Morgan fingerprint density at radius 3 is 2.85 bits per heavy atom. The molecule has 7 nitrogen and oxygen atoms in total. The lowest BCUT2D eigenvalue weighted by molar-refractivity contribution is 0.756. The highest BCUT2D eigenvalue weighted by Gasteiger charge is 1.96. The molecule has 0 saturated heterocycles. The van der Waals surface area contributed by atoms with Gasteiger partial charge in [-0.1, -0.05) is 0 Å². The van der Waals surface area contributed by atoms with Crippen molar-refractivity contribution in [1.82, 2.24) is 9.78 Å². The molecule has 0 aromatic carbocycles. The van der Waals surface area contributed by atoms with Crippen molar-refractivity contribution in [3.63, 3.8) is 0 Å². The predicted octanol–water partition coefficient (Wildman–Crippen LogP) is -1.68. The van der Waals surface area contributed by atoms with Gasteiger partial charge in [-0.2, -0.15) is 5.10 Å². The first-order valence-electron chi connectivity index (χ1n) is 3.47. The van der Waals surface area contributed by atoms with E-state index < -0.39 is 0 Å². The summed E-state index contributed by atoms with van der Waals surface area (Å²) in [5.41, 5.74) is 10.2. The van der Waals surface area contributed by atoms with E-state index in [1.165, 1.54) is 10.9 Å². The van der Waals surface area contributed by atoms with E-state index in [1.54, 1.807) is 13.2 Å². The van der Waals surface area contributed by atoms with E-state index in [-0.39, 0.29) is 11.5 Å². The summed E-state index contributed by atoms with van der Waals surface area (Å²) in [6.45, 7) is 0. The SMILES string of the molecule is Cn1cc(/C=N/N=C(N)N)c(=O)[nH]1. The molecule has 1 rings (SSSR count). The topological polar surface area (TPSA) is 115 Å². The van der Waals surface area contributed by atoms with Crippen LogP contribution in [0.5, 0.6) is 0 Å². The third-order valence-electron chi connectivity index (χ3n) is 1.24. The molecule has 0 unspecified atom stereocenters. The molecule has 0 fully saturated rings. The summed E-state index contributed by atoms with van der Waals surface area (Å²) in [7, 11) is 1.69.